The smallest absolute Gasteiger partial charge is 0.239 e. The van der Waals surface area contributed by atoms with Crippen molar-refractivity contribution in [3.63, 3.8) is 0 Å². The minimum atomic E-state index is 0.00736. The van der Waals surface area contributed by atoms with Crippen LogP contribution in [0.5, 0.6) is 5.75 Å². The Bertz CT molecular complexity index is 389. The zero-order valence-corrected chi connectivity index (χ0v) is 10.2. The summed E-state index contributed by atoms with van der Waals surface area (Å²) in [6, 6.07) is 8.11. The zero-order valence-electron chi connectivity index (χ0n) is 10.2. The van der Waals surface area contributed by atoms with Crippen molar-refractivity contribution in [3.05, 3.63) is 29.8 Å². The summed E-state index contributed by atoms with van der Waals surface area (Å²) < 4.78 is 5.38. The second-order valence-corrected chi connectivity index (χ2v) is 4.31. The molecular weight excluding hydrogens is 216 g/mol. The van der Waals surface area contributed by atoms with Gasteiger partial charge in [-0.3, -0.25) is 10.2 Å². The summed E-state index contributed by atoms with van der Waals surface area (Å²) in [5, 5.41) is 0. The Morgan fingerprint density at radius 3 is 2.53 bits per heavy atom. The third kappa shape index (κ3) is 2.77. The van der Waals surface area contributed by atoms with Crippen LogP contribution in [0.25, 0.3) is 0 Å². The van der Waals surface area contributed by atoms with Crippen LogP contribution in [0.3, 0.4) is 0 Å². The maximum absolute atomic E-state index is 11.6. The molecule has 1 fully saturated rings. The molecule has 1 aromatic rings. The molecule has 0 aromatic heterocycles. The van der Waals surface area contributed by atoms with E-state index in [0.717, 1.165) is 17.7 Å². The van der Waals surface area contributed by atoms with Crippen molar-refractivity contribution in [2.45, 2.75) is 26.3 Å². The van der Waals surface area contributed by atoms with E-state index in [9.17, 15) is 4.79 Å². The first-order valence-electron chi connectivity index (χ1n) is 5.98. The standard InChI is InChI=1S/C13H18N2O2/c1-3-17-11-6-4-10(5-7-11)8-12-9(2)14-15-13(12)16/h4-7,9,12,14H,3,8H2,1-2H3,(H,15,16). The highest BCUT2D eigenvalue weighted by Crippen LogP contribution is 2.18. The molecule has 1 saturated heterocycles. The van der Waals surface area contributed by atoms with Gasteiger partial charge in [-0.1, -0.05) is 12.1 Å². The molecule has 0 bridgehead atoms. The minimum Gasteiger partial charge on any atom is -0.494 e. The van der Waals surface area contributed by atoms with Crippen molar-refractivity contribution >= 4 is 5.91 Å². The second-order valence-electron chi connectivity index (χ2n) is 4.31. The predicted molar refractivity (Wildman–Crippen MR) is 65.5 cm³/mol. The van der Waals surface area contributed by atoms with Crippen molar-refractivity contribution in [2.24, 2.45) is 5.92 Å². The molecule has 0 spiro atoms. The molecule has 1 amide bonds. The van der Waals surface area contributed by atoms with E-state index in [1.807, 2.05) is 38.1 Å². The zero-order chi connectivity index (χ0) is 12.3. The van der Waals surface area contributed by atoms with Gasteiger partial charge in [0.2, 0.25) is 5.91 Å². The normalized spacial score (nSPS) is 23.5. The van der Waals surface area contributed by atoms with E-state index in [1.54, 1.807) is 0 Å². The molecule has 2 N–H and O–H groups in total. The average molecular weight is 234 g/mol. The lowest BCUT2D eigenvalue weighted by Crippen LogP contribution is -2.29. The van der Waals surface area contributed by atoms with Gasteiger partial charge in [0, 0.05) is 6.04 Å². The van der Waals surface area contributed by atoms with Crippen LogP contribution in [0.1, 0.15) is 19.4 Å². The summed E-state index contributed by atoms with van der Waals surface area (Å²) in [6.07, 6.45) is 0.756. The van der Waals surface area contributed by atoms with Crippen LogP contribution >= 0.6 is 0 Å². The Morgan fingerprint density at radius 1 is 1.29 bits per heavy atom. The monoisotopic (exact) mass is 234 g/mol. The predicted octanol–water partition coefficient (Wildman–Crippen LogP) is 1.27. The van der Waals surface area contributed by atoms with Gasteiger partial charge in [-0.15, -0.1) is 0 Å². The van der Waals surface area contributed by atoms with Gasteiger partial charge < -0.3 is 4.74 Å². The van der Waals surface area contributed by atoms with Crippen LogP contribution < -0.4 is 15.6 Å². The fourth-order valence-electron chi connectivity index (χ4n) is 2.02. The van der Waals surface area contributed by atoms with Crippen LogP contribution in [-0.2, 0) is 11.2 Å². The maximum Gasteiger partial charge on any atom is 0.239 e. The lowest BCUT2D eigenvalue weighted by atomic mass is 9.94. The summed E-state index contributed by atoms with van der Waals surface area (Å²) in [5.74, 6) is 0.956. The van der Waals surface area contributed by atoms with Crippen molar-refractivity contribution < 1.29 is 9.53 Å². The van der Waals surface area contributed by atoms with E-state index in [1.165, 1.54) is 0 Å². The highest BCUT2D eigenvalue weighted by atomic mass is 16.5. The van der Waals surface area contributed by atoms with Crippen LogP contribution in [0.4, 0.5) is 0 Å². The molecule has 92 valence electrons. The molecule has 4 heteroatoms. The second kappa shape index (κ2) is 5.19. The number of hydrogen-bond donors (Lipinski definition) is 2. The van der Waals surface area contributed by atoms with E-state index in [0.29, 0.717) is 6.61 Å². The molecule has 1 aliphatic rings. The first-order valence-corrected chi connectivity index (χ1v) is 5.98. The first kappa shape index (κ1) is 11.9. The number of hydrazine groups is 1. The summed E-state index contributed by atoms with van der Waals surface area (Å²) in [4.78, 5) is 11.6. The summed E-state index contributed by atoms with van der Waals surface area (Å²) >= 11 is 0. The van der Waals surface area contributed by atoms with E-state index in [2.05, 4.69) is 10.9 Å². The Morgan fingerprint density at radius 2 is 2.00 bits per heavy atom. The SMILES string of the molecule is CCOc1ccc(CC2C(=O)NNC2C)cc1. The number of ether oxygens (including phenoxy) is 1. The molecule has 1 aliphatic heterocycles. The molecule has 0 radical (unpaired) electrons. The van der Waals surface area contributed by atoms with E-state index in [4.69, 9.17) is 4.74 Å². The highest BCUT2D eigenvalue weighted by molar-refractivity contribution is 5.81. The van der Waals surface area contributed by atoms with Gasteiger partial charge in [0.1, 0.15) is 5.75 Å². The number of nitrogens with one attached hydrogen (secondary N) is 2. The maximum atomic E-state index is 11.6. The molecule has 0 aliphatic carbocycles. The Labute approximate surface area is 101 Å². The quantitative estimate of drug-likeness (QED) is 0.824. The average Bonchev–Trinajstić information content (AvgIpc) is 2.64. The van der Waals surface area contributed by atoms with Crippen LogP contribution in [-0.4, -0.2) is 18.6 Å². The molecule has 1 aromatic carbocycles. The van der Waals surface area contributed by atoms with Crippen molar-refractivity contribution in [1.82, 2.24) is 10.9 Å². The summed E-state index contributed by atoms with van der Waals surface area (Å²) in [6.45, 7) is 4.65. The molecule has 2 unspecified atom stereocenters. The number of hydrogen-bond acceptors (Lipinski definition) is 3. The lowest BCUT2D eigenvalue weighted by molar-refractivity contribution is -0.122. The number of carbonyl (C=O) groups is 1. The Hall–Kier alpha value is -1.55. The Kier molecular flexibility index (Phi) is 3.64. The summed E-state index contributed by atoms with van der Waals surface area (Å²) in [5.41, 5.74) is 6.76. The molecule has 17 heavy (non-hydrogen) atoms. The molecular formula is C13H18N2O2. The summed E-state index contributed by atoms with van der Waals surface area (Å²) in [7, 11) is 0. The van der Waals surface area contributed by atoms with Gasteiger partial charge in [0.25, 0.3) is 0 Å². The van der Waals surface area contributed by atoms with E-state index in [-0.39, 0.29) is 17.9 Å². The van der Waals surface area contributed by atoms with Gasteiger partial charge in [0.15, 0.2) is 0 Å². The lowest BCUT2D eigenvalue weighted by Gasteiger charge is -2.12. The molecule has 2 rings (SSSR count). The number of rotatable bonds is 4. The van der Waals surface area contributed by atoms with Crippen LogP contribution in [0.15, 0.2) is 24.3 Å². The molecule has 1 heterocycles. The van der Waals surface area contributed by atoms with E-state index < -0.39 is 0 Å². The van der Waals surface area contributed by atoms with Crippen LogP contribution in [0, 0.1) is 5.92 Å². The third-order valence-electron chi connectivity index (χ3n) is 3.05. The van der Waals surface area contributed by atoms with Gasteiger partial charge in [-0.2, -0.15) is 0 Å². The van der Waals surface area contributed by atoms with Gasteiger partial charge in [-0.05, 0) is 38.0 Å². The van der Waals surface area contributed by atoms with Gasteiger partial charge in [-0.25, -0.2) is 5.43 Å². The topological polar surface area (TPSA) is 50.4 Å². The van der Waals surface area contributed by atoms with Gasteiger partial charge in [0.05, 0.1) is 12.5 Å². The number of amides is 1. The van der Waals surface area contributed by atoms with Crippen LogP contribution in [0.2, 0.25) is 0 Å². The molecule has 2 atom stereocenters. The largest absolute Gasteiger partial charge is 0.494 e. The van der Waals surface area contributed by atoms with Crippen molar-refractivity contribution in [2.75, 3.05) is 6.61 Å². The molecule has 4 nitrogen and oxygen atoms in total. The van der Waals surface area contributed by atoms with Crippen molar-refractivity contribution in [3.8, 4) is 5.75 Å². The number of carbonyl (C=O) groups excluding carboxylic acids is 1. The molecule has 0 saturated carbocycles. The number of benzene rings is 1. The first-order chi connectivity index (χ1) is 8.20. The third-order valence-corrected chi connectivity index (χ3v) is 3.05. The highest BCUT2D eigenvalue weighted by Gasteiger charge is 2.30. The fraction of sp³-hybridized carbons (Fsp3) is 0.462. The van der Waals surface area contributed by atoms with Gasteiger partial charge >= 0.3 is 0 Å². The van der Waals surface area contributed by atoms with Crippen molar-refractivity contribution in [1.29, 1.82) is 0 Å². The minimum absolute atomic E-state index is 0.00736. The fourth-order valence-corrected chi connectivity index (χ4v) is 2.02. The Balaban J connectivity index is 2.01. The van der Waals surface area contributed by atoms with E-state index >= 15 is 0 Å².